The molecule has 0 aromatic rings. The largest absolute Gasteiger partial charge is 0.481 e. The number of hydrogen-bond donors (Lipinski definition) is 1. The molecule has 0 aromatic heterocycles. The molecule has 0 aliphatic heterocycles. The third-order valence-corrected chi connectivity index (χ3v) is 1.88. The minimum Gasteiger partial charge on any atom is -0.481 e. The summed E-state index contributed by atoms with van der Waals surface area (Å²) in [5.41, 5.74) is 0. The Kier molecular flexibility index (Phi) is 7.07. The summed E-state index contributed by atoms with van der Waals surface area (Å²) < 4.78 is 41.0. The van der Waals surface area contributed by atoms with Gasteiger partial charge in [-0.15, -0.1) is 0 Å². The zero-order valence-electron chi connectivity index (χ0n) is 9.09. The topological polar surface area (TPSA) is 49.8 Å². The van der Waals surface area contributed by atoms with Crippen LogP contribution in [0, 0.1) is 0 Å². The Hall–Kier alpha value is -0.820. The number of carboxylic acids is 1. The van der Waals surface area contributed by atoms with Crippen LogP contribution in [0.2, 0.25) is 0 Å². The van der Waals surface area contributed by atoms with Crippen LogP contribution in [0.5, 0.6) is 0 Å². The SMILES string of the molecule is COCCN(CCCC(=O)O)CC(F)(F)F. The van der Waals surface area contributed by atoms with Gasteiger partial charge in [-0.3, -0.25) is 9.69 Å². The van der Waals surface area contributed by atoms with Gasteiger partial charge in [-0.25, -0.2) is 0 Å². The fourth-order valence-corrected chi connectivity index (χ4v) is 1.20. The number of halogens is 3. The second kappa shape index (κ2) is 7.45. The predicted molar refractivity (Wildman–Crippen MR) is 51.2 cm³/mol. The summed E-state index contributed by atoms with van der Waals surface area (Å²) in [5, 5.41) is 8.37. The molecule has 0 aromatic carbocycles. The first kappa shape index (κ1) is 15.2. The van der Waals surface area contributed by atoms with Crippen LogP contribution >= 0.6 is 0 Å². The Balaban J connectivity index is 3.95. The number of ether oxygens (including phenoxy) is 1. The summed E-state index contributed by atoms with van der Waals surface area (Å²) in [6.45, 7) is -0.579. The summed E-state index contributed by atoms with van der Waals surface area (Å²) in [6.07, 6.45) is -4.19. The number of aliphatic carboxylic acids is 1. The molecule has 7 heteroatoms. The molecule has 0 atom stereocenters. The summed E-state index contributed by atoms with van der Waals surface area (Å²) in [4.78, 5) is 11.4. The molecule has 1 N–H and O–H groups in total. The van der Waals surface area contributed by atoms with E-state index in [2.05, 4.69) is 4.74 Å². The molecule has 16 heavy (non-hydrogen) atoms. The molecule has 0 saturated carbocycles. The number of nitrogens with zero attached hydrogens (tertiary/aromatic N) is 1. The summed E-state index contributed by atoms with van der Waals surface area (Å²) >= 11 is 0. The fourth-order valence-electron chi connectivity index (χ4n) is 1.20. The number of carboxylic acid groups (broad SMARTS) is 1. The molecular weight excluding hydrogens is 227 g/mol. The molecule has 0 radical (unpaired) electrons. The number of carbonyl (C=O) groups is 1. The first-order valence-corrected chi connectivity index (χ1v) is 4.85. The van der Waals surface area contributed by atoms with E-state index in [-0.39, 0.29) is 32.5 Å². The van der Waals surface area contributed by atoms with E-state index in [1.807, 2.05) is 0 Å². The van der Waals surface area contributed by atoms with Gasteiger partial charge in [0.25, 0.3) is 0 Å². The highest BCUT2D eigenvalue weighted by molar-refractivity contribution is 5.66. The van der Waals surface area contributed by atoms with Crippen molar-refractivity contribution in [2.45, 2.75) is 19.0 Å². The third-order valence-electron chi connectivity index (χ3n) is 1.88. The Morgan fingerprint density at radius 2 is 2.00 bits per heavy atom. The summed E-state index contributed by atoms with van der Waals surface area (Å²) in [6, 6.07) is 0. The van der Waals surface area contributed by atoms with E-state index in [4.69, 9.17) is 5.11 Å². The van der Waals surface area contributed by atoms with Crippen molar-refractivity contribution in [2.75, 3.05) is 33.4 Å². The highest BCUT2D eigenvalue weighted by atomic mass is 19.4. The zero-order valence-corrected chi connectivity index (χ0v) is 9.09. The van der Waals surface area contributed by atoms with Gasteiger partial charge >= 0.3 is 12.1 Å². The second-order valence-electron chi connectivity index (χ2n) is 3.38. The van der Waals surface area contributed by atoms with E-state index in [0.717, 1.165) is 4.90 Å². The van der Waals surface area contributed by atoms with E-state index in [0.29, 0.717) is 0 Å². The normalized spacial score (nSPS) is 12.1. The smallest absolute Gasteiger partial charge is 0.401 e. The minimum absolute atomic E-state index is 0.106. The predicted octanol–water partition coefficient (Wildman–Crippen LogP) is 1.36. The minimum atomic E-state index is -4.27. The average Bonchev–Trinajstić information content (AvgIpc) is 2.11. The molecule has 0 unspecified atom stereocenters. The number of methoxy groups -OCH3 is 1. The van der Waals surface area contributed by atoms with Crippen LogP contribution in [0.4, 0.5) is 13.2 Å². The second-order valence-corrected chi connectivity index (χ2v) is 3.38. The van der Waals surface area contributed by atoms with Gasteiger partial charge in [0.2, 0.25) is 0 Å². The maximum atomic E-state index is 12.1. The van der Waals surface area contributed by atoms with Gasteiger partial charge in [0.15, 0.2) is 0 Å². The molecule has 0 amide bonds. The van der Waals surface area contributed by atoms with Crippen molar-refractivity contribution in [2.24, 2.45) is 0 Å². The first-order valence-electron chi connectivity index (χ1n) is 4.85. The highest BCUT2D eigenvalue weighted by Gasteiger charge is 2.30. The molecule has 4 nitrogen and oxygen atoms in total. The van der Waals surface area contributed by atoms with Gasteiger partial charge in [0, 0.05) is 20.1 Å². The summed E-state index contributed by atoms with van der Waals surface area (Å²) in [7, 11) is 1.41. The zero-order chi connectivity index (χ0) is 12.6. The van der Waals surface area contributed by atoms with Crippen molar-refractivity contribution < 1.29 is 27.8 Å². The number of alkyl halides is 3. The first-order chi connectivity index (χ1) is 7.35. The molecule has 0 spiro atoms. The monoisotopic (exact) mass is 243 g/mol. The van der Waals surface area contributed by atoms with Gasteiger partial charge < -0.3 is 9.84 Å². The maximum absolute atomic E-state index is 12.1. The fraction of sp³-hybridized carbons (Fsp3) is 0.889. The van der Waals surface area contributed by atoms with Crippen LogP contribution in [0.15, 0.2) is 0 Å². The Morgan fingerprint density at radius 1 is 1.38 bits per heavy atom. The number of rotatable bonds is 8. The van der Waals surface area contributed by atoms with Gasteiger partial charge in [-0.05, 0) is 13.0 Å². The van der Waals surface area contributed by atoms with Crippen molar-refractivity contribution >= 4 is 5.97 Å². The third kappa shape index (κ3) is 9.72. The van der Waals surface area contributed by atoms with Crippen molar-refractivity contribution in [1.82, 2.24) is 4.90 Å². The molecule has 0 aliphatic rings. The lowest BCUT2D eigenvalue weighted by atomic mass is 10.3. The van der Waals surface area contributed by atoms with Crippen LogP contribution in [0.1, 0.15) is 12.8 Å². The van der Waals surface area contributed by atoms with Gasteiger partial charge in [0.05, 0.1) is 13.2 Å². The quantitative estimate of drug-likeness (QED) is 0.699. The van der Waals surface area contributed by atoms with E-state index in [1.54, 1.807) is 0 Å². The highest BCUT2D eigenvalue weighted by Crippen LogP contribution is 2.16. The Labute approximate surface area is 92.0 Å². The molecular formula is C9H16F3NO3. The van der Waals surface area contributed by atoms with Gasteiger partial charge in [-0.2, -0.15) is 13.2 Å². The van der Waals surface area contributed by atoms with Crippen molar-refractivity contribution in [1.29, 1.82) is 0 Å². The molecule has 0 rings (SSSR count). The van der Waals surface area contributed by atoms with Crippen molar-refractivity contribution in [3.05, 3.63) is 0 Å². The lowest BCUT2D eigenvalue weighted by Gasteiger charge is -2.22. The lowest BCUT2D eigenvalue weighted by molar-refractivity contribution is -0.147. The van der Waals surface area contributed by atoms with Crippen LogP contribution in [0.25, 0.3) is 0 Å². The van der Waals surface area contributed by atoms with Crippen LogP contribution in [-0.2, 0) is 9.53 Å². The molecule has 0 aliphatic carbocycles. The lowest BCUT2D eigenvalue weighted by Crippen LogP contribution is -2.37. The molecule has 96 valence electrons. The van der Waals surface area contributed by atoms with Gasteiger partial charge in [-0.1, -0.05) is 0 Å². The van der Waals surface area contributed by atoms with E-state index < -0.39 is 18.7 Å². The van der Waals surface area contributed by atoms with E-state index >= 15 is 0 Å². The van der Waals surface area contributed by atoms with Crippen LogP contribution < -0.4 is 0 Å². The van der Waals surface area contributed by atoms with Crippen molar-refractivity contribution in [3.63, 3.8) is 0 Å². The summed E-state index contributed by atoms with van der Waals surface area (Å²) in [5.74, 6) is -1.00. The van der Waals surface area contributed by atoms with Crippen LogP contribution in [0.3, 0.4) is 0 Å². The molecule has 0 fully saturated rings. The standard InChI is InChI=1S/C9H16F3NO3/c1-16-6-5-13(7-9(10,11)12)4-2-3-8(14)15/h2-7H2,1H3,(H,14,15). The van der Waals surface area contributed by atoms with E-state index in [1.165, 1.54) is 7.11 Å². The molecule has 0 heterocycles. The molecule has 0 saturated heterocycles. The van der Waals surface area contributed by atoms with Crippen molar-refractivity contribution in [3.8, 4) is 0 Å². The molecule has 0 bridgehead atoms. The maximum Gasteiger partial charge on any atom is 0.401 e. The Morgan fingerprint density at radius 3 is 2.44 bits per heavy atom. The number of hydrogen-bond acceptors (Lipinski definition) is 3. The van der Waals surface area contributed by atoms with Crippen LogP contribution in [-0.4, -0.2) is 55.5 Å². The van der Waals surface area contributed by atoms with E-state index in [9.17, 15) is 18.0 Å². The Bertz CT molecular complexity index is 209. The average molecular weight is 243 g/mol. The van der Waals surface area contributed by atoms with Gasteiger partial charge in [0.1, 0.15) is 0 Å².